The molecule has 2 N–H and O–H groups in total. The molecule has 4 unspecified atom stereocenters. The van der Waals surface area contributed by atoms with Crippen molar-refractivity contribution in [2.45, 2.75) is 36.2 Å². The first-order valence-electron chi connectivity index (χ1n) is 7.79. The number of rotatable bonds is 1. The molecule has 3 nitrogen and oxygen atoms in total. The Bertz CT molecular complexity index is 757. The van der Waals surface area contributed by atoms with E-state index < -0.39 is 0 Å². The van der Waals surface area contributed by atoms with E-state index in [2.05, 4.69) is 13.0 Å². The molecule has 1 fully saturated rings. The van der Waals surface area contributed by atoms with E-state index in [1.54, 1.807) is 12.1 Å². The third-order valence-corrected chi connectivity index (χ3v) is 7.04. The molecule has 1 spiro atoms. The van der Waals surface area contributed by atoms with Crippen LogP contribution in [0.3, 0.4) is 0 Å². The van der Waals surface area contributed by atoms with E-state index in [1.165, 1.54) is 0 Å². The SMILES string of the molecule is CC1CC23CC=C(Cl)C=C2N=CC(c2ccc(O)c(O)c2)C3S1. The van der Waals surface area contributed by atoms with Gasteiger partial charge < -0.3 is 10.2 Å². The van der Waals surface area contributed by atoms with Gasteiger partial charge in [-0.2, -0.15) is 11.8 Å². The maximum atomic E-state index is 9.85. The summed E-state index contributed by atoms with van der Waals surface area (Å²) in [7, 11) is 0. The first kappa shape index (κ1) is 15.2. The number of aliphatic imine (C=N–C) groups is 1. The van der Waals surface area contributed by atoms with Gasteiger partial charge in [0.15, 0.2) is 11.5 Å². The molecule has 2 heterocycles. The molecule has 4 atom stereocenters. The van der Waals surface area contributed by atoms with Crippen molar-refractivity contribution in [2.24, 2.45) is 10.4 Å². The van der Waals surface area contributed by atoms with Gasteiger partial charge in [-0.05, 0) is 36.6 Å². The molecule has 23 heavy (non-hydrogen) atoms. The molecule has 1 aliphatic carbocycles. The summed E-state index contributed by atoms with van der Waals surface area (Å²) in [5.41, 5.74) is 2.11. The van der Waals surface area contributed by atoms with Gasteiger partial charge in [-0.3, -0.25) is 4.99 Å². The van der Waals surface area contributed by atoms with Crippen LogP contribution in [0.1, 0.15) is 31.2 Å². The maximum Gasteiger partial charge on any atom is 0.157 e. The number of halogens is 1. The molecule has 4 rings (SSSR count). The Hall–Kier alpha value is -1.39. The van der Waals surface area contributed by atoms with E-state index in [-0.39, 0.29) is 22.8 Å². The summed E-state index contributed by atoms with van der Waals surface area (Å²) in [6.07, 6.45) is 8.08. The molecule has 0 amide bonds. The fourth-order valence-electron chi connectivity index (χ4n) is 4.07. The van der Waals surface area contributed by atoms with Crippen LogP contribution in [0.4, 0.5) is 0 Å². The maximum absolute atomic E-state index is 9.85. The van der Waals surface area contributed by atoms with Gasteiger partial charge in [-0.1, -0.05) is 30.7 Å². The van der Waals surface area contributed by atoms with E-state index in [0.29, 0.717) is 10.5 Å². The van der Waals surface area contributed by atoms with Crippen LogP contribution in [0.5, 0.6) is 11.5 Å². The van der Waals surface area contributed by atoms with Gasteiger partial charge in [0.1, 0.15) is 0 Å². The second-order valence-electron chi connectivity index (χ2n) is 6.60. The molecule has 0 bridgehead atoms. The molecular weight excluding hydrogens is 330 g/mol. The summed E-state index contributed by atoms with van der Waals surface area (Å²) >= 11 is 8.19. The number of hydrogen-bond donors (Lipinski definition) is 2. The van der Waals surface area contributed by atoms with E-state index in [9.17, 15) is 10.2 Å². The molecular formula is C18H18ClNO2S. The van der Waals surface area contributed by atoms with Crippen LogP contribution in [0.15, 0.2) is 46.1 Å². The third kappa shape index (κ3) is 2.31. The lowest BCUT2D eigenvalue weighted by atomic mass is 9.67. The van der Waals surface area contributed by atoms with E-state index in [0.717, 1.165) is 29.1 Å². The van der Waals surface area contributed by atoms with Gasteiger partial charge in [0.2, 0.25) is 0 Å². The highest BCUT2D eigenvalue weighted by atomic mass is 35.5. The number of benzene rings is 1. The third-order valence-electron chi connectivity index (χ3n) is 5.11. The summed E-state index contributed by atoms with van der Waals surface area (Å²) in [5.74, 6) is -0.0376. The first-order chi connectivity index (χ1) is 11.0. The Morgan fingerprint density at radius 3 is 2.91 bits per heavy atom. The molecule has 0 radical (unpaired) electrons. The van der Waals surface area contributed by atoms with Crippen molar-refractivity contribution in [2.75, 3.05) is 0 Å². The van der Waals surface area contributed by atoms with Gasteiger partial charge in [-0.25, -0.2) is 0 Å². The highest BCUT2D eigenvalue weighted by Gasteiger charge is 2.54. The van der Waals surface area contributed by atoms with Gasteiger partial charge in [0.25, 0.3) is 0 Å². The molecule has 1 saturated heterocycles. The van der Waals surface area contributed by atoms with Crippen LogP contribution in [-0.4, -0.2) is 26.9 Å². The second-order valence-corrected chi connectivity index (χ2v) is 8.62. The first-order valence-corrected chi connectivity index (χ1v) is 9.11. The number of thioether (sulfide) groups is 1. The predicted octanol–water partition coefficient (Wildman–Crippen LogP) is 4.56. The lowest BCUT2D eigenvalue weighted by Crippen LogP contribution is -2.39. The molecule has 1 aromatic rings. The Morgan fingerprint density at radius 1 is 1.30 bits per heavy atom. The average molecular weight is 348 g/mol. The fourth-order valence-corrected chi connectivity index (χ4v) is 6.11. The smallest absolute Gasteiger partial charge is 0.157 e. The number of allylic oxidation sites excluding steroid dienone is 4. The van der Waals surface area contributed by atoms with Crippen LogP contribution >= 0.6 is 23.4 Å². The van der Waals surface area contributed by atoms with Crippen molar-refractivity contribution in [3.63, 3.8) is 0 Å². The van der Waals surface area contributed by atoms with E-state index in [1.807, 2.05) is 30.1 Å². The summed E-state index contributed by atoms with van der Waals surface area (Å²) in [6, 6.07) is 5.09. The molecule has 0 aromatic heterocycles. The van der Waals surface area contributed by atoms with Crippen LogP contribution in [-0.2, 0) is 0 Å². The summed E-state index contributed by atoms with van der Waals surface area (Å²) in [6.45, 7) is 2.26. The number of aromatic hydroxyl groups is 2. The zero-order chi connectivity index (χ0) is 16.2. The Kier molecular flexibility index (Phi) is 3.50. The largest absolute Gasteiger partial charge is 0.504 e. The standard InChI is InChI=1S/C18H18ClNO2S/c1-10-8-18-5-4-12(19)7-16(18)20-9-13(17(18)23-10)11-2-3-14(21)15(22)6-11/h2-4,6-7,9-10,13,17,21-22H,5,8H2,1H3. The van der Waals surface area contributed by atoms with Crippen molar-refractivity contribution in [1.29, 1.82) is 0 Å². The van der Waals surface area contributed by atoms with Crippen molar-refractivity contribution < 1.29 is 10.2 Å². The molecule has 5 heteroatoms. The van der Waals surface area contributed by atoms with Crippen molar-refractivity contribution in [3.8, 4) is 11.5 Å². The zero-order valence-corrected chi connectivity index (χ0v) is 14.3. The molecule has 1 aromatic carbocycles. The van der Waals surface area contributed by atoms with Gasteiger partial charge in [0, 0.05) is 38.8 Å². The van der Waals surface area contributed by atoms with Crippen molar-refractivity contribution in [3.05, 3.63) is 46.6 Å². The lowest BCUT2D eigenvalue weighted by Gasteiger charge is -2.42. The van der Waals surface area contributed by atoms with Crippen LogP contribution < -0.4 is 0 Å². The molecule has 2 aliphatic heterocycles. The Labute approximate surface area is 144 Å². The van der Waals surface area contributed by atoms with Crippen LogP contribution in [0.25, 0.3) is 0 Å². The molecule has 3 aliphatic rings. The summed E-state index contributed by atoms with van der Waals surface area (Å²) in [5, 5.41) is 21.1. The predicted molar refractivity (Wildman–Crippen MR) is 95.5 cm³/mol. The normalized spacial score (nSPS) is 35.3. The van der Waals surface area contributed by atoms with Gasteiger partial charge in [0.05, 0.1) is 0 Å². The van der Waals surface area contributed by atoms with Crippen molar-refractivity contribution >= 4 is 29.6 Å². The number of hydrogen-bond acceptors (Lipinski definition) is 4. The Balaban J connectivity index is 1.80. The van der Waals surface area contributed by atoms with E-state index in [4.69, 9.17) is 16.6 Å². The zero-order valence-electron chi connectivity index (χ0n) is 12.7. The highest BCUT2D eigenvalue weighted by Crippen LogP contribution is 2.61. The summed E-state index contributed by atoms with van der Waals surface area (Å²) < 4.78 is 0. The fraction of sp³-hybridized carbons (Fsp3) is 0.389. The van der Waals surface area contributed by atoms with Crippen LogP contribution in [0, 0.1) is 5.41 Å². The lowest BCUT2D eigenvalue weighted by molar-refractivity contribution is 0.315. The van der Waals surface area contributed by atoms with E-state index >= 15 is 0 Å². The number of nitrogens with zero attached hydrogens (tertiary/aromatic N) is 1. The quantitative estimate of drug-likeness (QED) is 0.732. The average Bonchev–Trinajstić information content (AvgIpc) is 2.86. The minimum atomic E-state index is -0.0865. The second kappa shape index (κ2) is 5.32. The van der Waals surface area contributed by atoms with Crippen molar-refractivity contribution in [1.82, 2.24) is 0 Å². The molecule has 0 saturated carbocycles. The van der Waals surface area contributed by atoms with Gasteiger partial charge >= 0.3 is 0 Å². The minimum Gasteiger partial charge on any atom is -0.504 e. The minimum absolute atomic E-state index is 0.0232. The van der Waals surface area contributed by atoms with Crippen LogP contribution in [0.2, 0.25) is 0 Å². The Morgan fingerprint density at radius 2 is 2.13 bits per heavy atom. The van der Waals surface area contributed by atoms with Gasteiger partial charge in [-0.15, -0.1) is 0 Å². The highest BCUT2D eigenvalue weighted by molar-refractivity contribution is 8.00. The number of phenolic OH excluding ortho intramolecular Hbond substituents is 2. The monoisotopic (exact) mass is 347 g/mol. The topological polar surface area (TPSA) is 52.8 Å². The number of phenols is 2. The summed E-state index contributed by atoms with van der Waals surface area (Å²) in [4.78, 5) is 4.73. The molecule has 120 valence electrons.